The van der Waals surface area contributed by atoms with Gasteiger partial charge in [0.15, 0.2) is 5.25 Å². The second kappa shape index (κ2) is 4.71. The number of amides is 3. The number of hydrogen-bond donors (Lipinski definition) is 2. The number of hydrogen-bond acceptors (Lipinski definition) is 4. The van der Waals surface area contributed by atoms with Crippen molar-refractivity contribution in [1.29, 1.82) is 0 Å². The average Bonchev–Trinajstić information content (AvgIpc) is 2.12. The van der Waals surface area contributed by atoms with Crippen molar-refractivity contribution >= 4 is 27.7 Å². The van der Waals surface area contributed by atoms with E-state index in [1.54, 1.807) is 6.92 Å². The highest BCUT2D eigenvalue weighted by atomic mass is 32.2. The van der Waals surface area contributed by atoms with Crippen LogP contribution in [0.25, 0.3) is 0 Å². The number of nitrogens with zero attached hydrogens (tertiary/aromatic N) is 1. The SMILES string of the molecule is CCCNS(=O)(=O)C1C(=O)NC(=O)N=C1C. The summed E-state index contributed by atoms with van der Waals surface area (Å²) in [6, 6.07) is -0.829. The van der Waals surface area contributed by atoms with Gasteiger partial charge in [0.05, 0.1) is 0 Å². The Balaban J connectivity index is 2.99. The summed E-state index contributed by atoms with van der Waals surface area (Å²) in [5, 5.41) is 0.438. The minimum Gasteiger partial charge on any atom is -0.275 e. The minimum atomic E-state index is -3.81. The highest BCUT2D eigenvalue weighted by Crippen LogP contribution is 2.07. The third kappa shape index (κ3) is 2.64. The van der Waals surface area contributed by atoms with E-state index in [0.29, 0.717) is 6.42 Å². The standard InChI is InChI=1S/C8H13N3O4S/c1-3-4-9-16(14,15)6-5(2)10-8(13)11-7(6)12/h6,9H,3-4H2,1-2H3,(H,11,12,13). The van der Waals surface area contributed by atoms with Gasteiger partial charge in [-0.2, -0.15) is 0 Å². The van der Waals surface area contributed by atoms with Crippen molar-refractivity contribution in [1.82, 2.24) is 10.0 Å². The molecule has 1 atom stereocenters. The lowest BCUT2D eigenvalue weighted by Crippen LogP contribution is -2.53. The van der Waals surface area contributed by atoms with Crippen molar-refractivity contribution in [3.8, 4) is 0 Å². The molecule has 1 aliphatic rings. The predicted molar refractivity (Wildman–Crippen MR) is 57.6 cm³/mol. The van der Waals surface area contributed by atoms with Crippen LogP contribution in [0.15, 0.2) is 4.99 Å². The molecule has 0 aromatic carbocycles. The molecule has 0 spiro atoms. The van der Waals surface area contributed by atoms with E-state index in [-0.39, 0.29) is 12.3 Å². The summed E-state index contributed by atoms with van der Waals surface area (Å²) < 4.78 is 25.7. The van der Waals surface area contributed by atoms with E-state index in [1.807, 2.05) is 5.32 Å². The monoisotopic (exact) mass is 247 g/mol. The lowest BCUT2D eigenvalue weighted by Gasteiger charge is -2.19. The number of aliphatic imine (C=N–C) groups is 1. The van der Waals surface area contributed by atoms with E-state index in [2.05, 4.69) is 9.71 Å². The normalized spacial score (nSPS) is 21.6. The summed E-state index contributed by atoms with van der Waals surface area (Å²) in [5.41, 5.74) is -0.0163. The maximum atomic E-state index is 11.7. The summed E-state index contributed by atoms with van der Waals surface area (Å²) in [6.07, 6.45) is 0.614. The summed E-state index contributed by atoms with van der Waals surface area (Å²) in [6.45, 7) is 3.38. The third-order valence-corrected chi connectivity index (χ3v) is 3.77. The first-order chi connectivity index (χ1) is 7.38. The fraction of sp³-hybridized carbons (Fsp3) is 0.625. The van der Waals surface area contributed by atoms with Gasteiger partial charge in [-0.15, -0.1) is 0 Å². The van der Waals surface area contributed by atoms with E-state index in [0.717, 1.165) is 0 Å². The first kappa shape index (κ1) is 12.8. The van der Waals surface area contributed by atoms with Gasteiger partial charge in [0.1, 0.15) is 0 Å². The molecule has 0 saturated heterocycles. The Hall–Kier alpha value is -1.28. The van der Waals surface area contributed by atoms with Gasteiger partial charge in [0.25, 0.3) is 5.91 Å². The Bertz CT molecular complexity index is 440. The molecule has 7 nitrogen and oxygen atoms in total. The van der Waals surface area contributed by atoms with Gasteiger partial charge in [-0.25, -0.2) is 22.9 Å². The van der Waals surface area contributed by atoms with Crippen molar-refractivity contribution < 1.29 is 18.0 Å². The molecule has 8 heteroatoms. The van der Waals surface area contributed by atoms with Crippen LogP contribution in [-0.2, 0) is 14.8 Å². The molecule has 1 unspecified atom stereocenters. The fourth-order valence-corrected chi connectivity index (χ4v) is 2.80. The molecule has 1 aliphatic heterocycles. The Labute approximate surface area is 93.4 Å². The highest BCUT2D eigenvalue weighted by Gasteiger charge is 2.38. The maximum Gasteiger partial charge on any atom is 0.347 e. The zero-order valence-corrected chi connectivity index (χ0v) is 9.80. The molecule has 0 aromatic heterocycles. The number of imide groups is 1. The number of urea groups is 1. The Morgan fingerprint density at radius 1 is 1.44 bits per heavy atom. The number of sulfonamides is 1. The smallest absolute Gasteiger partial charge is 0.275 e. The number of carbonyl (C=O) groups excluding carboxylic acids is 2. The van der Waals surface area contributed by atoms with Crippen molar-refractivity contribution in [2.45, 2.75) is 25.5 Å². The molecule has 1 heterocycles. The van der Waals surface area contributed by atoms with Gasteiger partial charge in [-0.05, 0) is 13.3 Å². The molecule has 3 amide bonds. The summed E-state index contributed by atoms with van der Waals surface area (Å²) in [7, 11) is -3.81. The van der Waals surface area contributed by atoms with E-state index in [4.69, 9.17) is 0 Å². The number of carbonyl (C=O) groups is 2. The average molecular weight is 247 g/mol. The highest BCUT2D eigenvalue weighted by molar-refractivity contribution is 7.91. The van der Waals surface area contributed by atoms with E-state index in [9.17, 15) is 18.0 Å². The van der Waals surface area contributed by atoms with Crippen molar-refractivity contribution in [2.75, 3.05) is 6.54 Å². The van der Waals surface area contributed by atoms with Crippen LogP contribution >= 0.6 is 0 Å². The first-order valence-electron chi connectivity index (χ1n) is 4.77. The maximum absolute atomic E-state index is 11.7. The molecule has 1 rings (SSSR count). The molecule has 0 aliphatic carbocycles. The van der Waals surface area contributed by atoms with Crippen LogP contribution in [-0.4, -0.2) is 37.9 Å². The molecular formula is C8H13N3O4S. The lowest BCUT2D eigenvalue weighted by atomic mass is 10.2. The second-order valence-electron chi connectivity index (χ2n) is 3.37. The quantitative estimate of drug-likeness (QED) is 0.691. The van der Waals surface area contributed by atoms with Gasteiger partial charge < -0.3 is 0 Å². The summed E-state index contributed by atoms with van der Waals surface area (Å²) in [4.78, 5) is 25.6. The lowest BCUT2D eigenvalue weighted by molar-refractivity contribution is -0.118. The molecule has 16 heavy (non-hydrogen) atoms. The van der Waals surface area contributed by atoms with Gasteiger partial charge >= 0.3 is 6.03 Å². The minimum absolute atomic E-state index is 0.0163. The zero-order chi connectivity index (χ0) is 12.3. The van der Waals surface area contributed by atoms with Crippen LogP contribution in [0.2, 0.25) is 0 Å². The van der Waals surface area contributed by atoms with Crippen molar-refractivity contribution in [3.63, 3.8) is 0 Å². The van der Waals surface area contributed by atoms with Gasteiger partial charge in [0, 0.05) is 12.3 Å². The van der Waals surface area contributed by atoms with E-state index in [1.165, 1.54) is 6.92 Å². The number of nitrogens with one attached hydrogen (secondary N) is 2. The van der Waals surface area contributed by atoms with E-state index < -0.39 is 27.2 Å². The van der Waals surface area contributed by atoms with Crippen molar-refractivity contribution in [2.24, 2.45) is 4.99 Å². The largest absolute Gasteiger partial charge is 0.347 e. The Morgan fingerprint density at radius 3 is 2.56 bits per heavy atom. The molecular weight excluding hydrogens is 234 g/mol. The molecule has 2 N–H and O–H groups in total. The van der Waals surface area contributed by atoms with Crippen LogP contribution < -0.4 is 10.0 Å². The van der Waals surface area contributed by atoms with E-state index >= 15 is 0 Å². The topological polar surface area (TPSA) is 105 Å². The van der Waals surface area contributed by atoms with Crippen LogP contribution in [0.4, 0.5) is 4.79 Å². The second-order valence-corrected chi connectivity index (χ2v) is 5.22. The van der Waals surface area contributed by atoms with Crippen LogP contribution in [0.1, 0.15) is 20.3 Å². The molecule has 0 saturated carbocycles. The van der Waals surface area contributed by atoms with Crippen LogP contribution in [0.3, 0.4) is 0 Å². The first-order valence-corrected chi connectivity index (χ1v) is 6.31. The van der Waals surface area contributed by atoms with Gasteiger partial charge in [0.2, 0.25) is 10.0 Å². The summed E-state index contributed by atoms with van der Waals surface area (Å²) >= 11 is 0. The zero-order valence-electron chi connectivity index (χ0n) is 8.98. The van der Waals surface area contributed by atoms with Gasteiger partial charge in [-0.3, -0.25) is 10.1 Å². The van der Waals surface area contributed by atoms with Crippen LogP contribution in [0.5, 0.6) is 0 Å². The molecule has 0 aromatic rings. The van der Waals surface area contributed by atoms with Crippen molar-refractivity contribution in [3.05, 3.63) is 0 Å². The third-order valence-electron chi connectivity index (χ3n) is 1.99. The Kier molecular flexibility index (Phi) is 3.76. The predicted octanol–water partition coefficient (Wildman–Crippen LogP) is -0.605. The molecule has 0 bridgehead atoms. The summed E-state index contributed by atoms with van der Waals surface area (Å²) in [5.74, 6) is -0.860. The van der Waals surface area contributed by atoms with Gasteiger partial charge in [-0.1, -0.05) is 6.92 Å². The number of rotatable bonds is 4. The molecule has 0 radical (unpaired) electrons. The fourth-order valence-electron chi connectivity index (χ4n) is 1.30. The molecule has 0 fully saturated rings. The van der Waals surface area contributed by atoms with Crippen LogP contribution in [0, 0.1) is 0 Å². The molecule has 90 valence electrons. The Morgan fingerprint density at radius 2 is 2.06 bits per heavy atom.